The minimum absolute atomic E-state index is 0.0263. The van der Waals surface area contributed by atoms with Crippen LogP contribution in [0, 0.1) is 6.92 Å². The van der Waals surface area contributed by atoms with Crippen LogP contribution in [0.3, 0.4) is 0 Å². The number of fused-ring (bicyclic) bond motifs is 1. The summed E-state index contributed by atoms with van der Waals surface area (Å²) < 4.78 is 0. The smallest absolute Gasteiger partial charge is 0.265 e. The van der Waals surface area contributed by atoms with Crippen LogP contribution in [-0.4, -0.2) is 40.1 Å². The van der Waals surface area contributed by atoms with Gasteiger partial charge >= 0.3 is 0 Å². The average Bonchev–Trinajstić information content (AvgIpc) is 3.07. The monoisotopic (exact) mass is 352 g/mol. The number of hydrogen-bond acceptors (Lipinski definition) is 4. The molecule has 0 radical (unpaired) electrons. The molecule has 1 fully saturated rings. The lowest BCUT2D eigenvalue weighted by molar-refractivity contribution is 0.0385. The van der Waals surface area contributed by atoms with Gasteiger partial charge in [0.15, 0.2) is 0 Å². The number of carbonyl (C=O) groups excluding carboxylic acids is 1. The SMILES string of the molecule is Cc1ncc(C(=O)N2CC[C@H](c3ccc4ccccc4c3)[C@@H](O)C2)s1. The Bertz CT molecular complexity index is 921. The normalized spacial score (nSPS) is 20.8. The second-order valence-corrected chi connectivity index (χ2v) is 7.80. The van der Waals surface area contributed by atoms with Crippen molar-refractivity contribution in [1.82, 2.24) is 9.88 Å². The summed E-state index contributed by atoms with van der Waals surface area (Å²) in [5.74, 6) is 0.0402. The van der Waals surface area contributed by atoms with Crippen molar-refractivity contribution < 1.29 is 9.90 Å². The second-order valence-electron chi connectivity index (χ2n) is 6.56. The lowest BCUT2D eigenvalue weighted by Crippen LogP contribution is -2.45. The van der Waals surface area contributed by atoms with Crippen LogP contribution in [0.4, 0.5) is 0 Å². The van der Waals surface area contributed by atoms with E-state index < -0.39 is 6.10 Å². The molecule has 1 aliphatic heterocycles. The third kappa shape index (κ3) is 3.17. The number of aliphatic hydroxyl groups excluding tert-OH is 1. The Hall–Kier alpha value is -2.24. The third-order valence-electron chi connectivity index (χ3n) is 4.90. The number of carbonyl (C=O) groups is 1. The molecule has 2 heterocycles. The number of rotatable bonds is 2. The van der Waals surface area contributed by atoms with E-state index in [1.165, 1.54) is 22.1 Å². The number of amides is 1. The summed E-state index contributed by atoms with van der Waals surface area (Å²) in [6.45, 7) is 2.92. The molecule has 0 saturated carbocycles. The standard InChI is InChI=1S/C20H20N2O2S/c1-13-21-11-19(25-13)20(24)22-9-8-17(18(23)12-22)16-7-6-14-4-2-3-5-15(14)10-16/h2-7,10-11,17-18,23H,8-9,12H2,1H3/t17-,18+/m1/s1. The predicted octanol–water partition coefficient (Wildman–Crippen LogP) is 3.60. The quantitative estimate of drug-likeness (QED) is 0.767. The van der Waals surface area contributed by atoms with E-state index in [4.69, 9.17) is 0 Å². The van der Waals surface area contributed by atoms with Crippen LogP contribution in [-0.2, 0) is 0 Å². The topological polar surface area (TPSA) is 53.4 Å². The fourth-order valence-electron chi connectivity index (χ4n) is 3.56. The maximum absolute atomic E-state index is 12.6. The molecule has 2 atom stereocenters. The number of benzene rings is 2. The summed E-state index contributed by atoms with van der Waals surface area (Å²) in [5.41, 5.74) is 1.15. The maximum atomic E-state index is 12.6. The van der Waals surface area contributed by atoms with E-state index in [-0.39, 0.29) is 11.8 Å². The molecule has 0 aliphatic carbocycles. The van der Waals surface area contributed by atoms with Crippen molar-refractivity contribution >= 4 is 28.0 Å². The van der Waals surface area contributed by atoms with Crippen molar-refractivity contribution in [2.24, 2.45) is 0 Å². The van der Waals surface area contributed by atoms with Crippen molar-refractivity contribution in [3.8, 4) is 0 Å². The first-order valence-corrected chi connectivity index (χ1v) is 9.32. The van der Waals surface area contributed by atoms with Crippen LogP contribution < -0.4 is 0 Å². The van der Waals surface area contributed by atoms with Gasteiger partial charge in [-0.15, -0.1) is 11.3 Å². The van der Waals surface area contributed by atoms with Gasteiger partial charge in [0.25, 0.3) is 5.91 Å². The zero-order chi connectivity index (χ0) is 17.4. The largest absolute Gasteiger partial charge is 0.391 e. The Kier molecular flexibility index (Phi) is 4.27. The number of nitrogens with zero attached hydrogens (tertiary/aromatic N) is 2. The van der Waals surface area contributed by atoms with E-state index in [1.807, 2.05) is 19.1 Å². The van der Waals surface area contributed by atoms with Gasteiger partial charge in [0.1, 0.15) is 4.88 Å². The number of hydrogen-bond donors (Lipinski definition) is 1. The fourth-order valence-corrected chi connectivity index (χ4v) is 4.30. The summed E-state index contributed by atoms with van der Waals surface area (Å²) >= 11 is 1.41. The van der Waals surface area contributed by atoms with Crippen molar-refractivity contribution in [3.63, 3.8) is 0 Å². The molecule has 3 aromatic rings. The first-order chi connectivity index (χ1) is 12.1. The average molecular weight is 352 g/mol. The van der Waals surface area contributed by atoms with Gasteiger partial charge in [-0.2, -0.15) is 0 Å². The van der Waals surface area contributed by atoms with Gasteiger partial charge in [-0.05, 0) is 29.7 Å². The molecular formula is C20H20N2O2S. The summed E-state index contributed by atoms with van der Waals surface area (Å²) in [6, 6.07) is 14.6. The van der Waals surface area contributed by atoms with Crippen molar-refractivity contribution in [1.29, 1.82) is 0 Å². The second kappa shape index (κ2) is 6.58. The zero-order valence-corrected chi connectivity index (χ0v) is 14.9. The summed E-state index contributed by atoms with van der Waals surface area (Å²) in [4.78, 5) is 19.1. The number of aryl methyl sites for hydroxylation is 1. The Morgan fingerprint density at radius 2 is 2.04 bits per heavy atom. The lowest BCUT2D eigenvalue weighted by Gasteiger charge is -2.36. The molecule has 5 heteroatoms. The van der Waals surface area contributed by atoms with E-state index in [1.54, 1.807) is 11.1 Å². The molecule has 0 bridgehead atoms. The Morgan fingerprint density at radius 3 is 2.76 bits per heavy atom. The van der Waals surface area contributed by atoms with Gasteiger partial charge in [-0.3, -0.25) is 4.79 Å². The van der Waals surface area contributed by atoms with Crippen LogP contribution >= 0.6 is 11.3 Å². The highest BCUT2D eigenvalue weighted by Gasteiger charge is 2.32. The summed E-state index contributed by atoms with van der Waals surface area (Å²) in [6.07, 6.45) is 1.85. The molecule has 1 amide bonds. The molecule has 1 N–H and O–H groups in total. The van der Waals surface area contributed by atoms with E-state index >= 15 is 0 Å². The molecule has 128 valence electrons. The van der Waals surface area contributed by atoms with Gasteiger partial charge in [0.05, 0.1) is 17.3 Å². The molecule has 1 aromatic heterocycles. The number of aromatic nitrogens is 1. The Labute approximate surface area is 150 Å². The molecule has 4 rings (SSSR count). The molecular weight excluding hydrogens is 332 g/mol. The molecule has 2 aromatic carbocycles. The van der Waals surface area contributed by atoms with Gasteiger partial charge in [0.2, 0.25) is 0 Å². The van der Waals surface area contributed by atoms with Crippen LogP contribution in [0.15, 0.2) is 48.7 Å². The van der Waals surface area contributed by atoms with Crippen molar-refractivity contribution in [2.75, 3.05) is 13.1 Å². The number of β-amino-alcohol motifs (C(OH)–C–C–N with tert-alkyl or cyclic N) is 1. The van der Waals surface area contributed by atoms with Crippen LogP contribution in [0.1, 0.15) is 32.6 Å². The van der Waals surface area contributed by atoms with E-state index in [9.17, 15) is 9.90 Å². The van der Waals surface area contributed by atoms with Crippen LogP contribution in [0.5, 0.6) is 0 Å². The van der Waals surface area contributed by atoms with Gasteiger partial charge in [-0.1, -0.05) is 42.5 Å². The number of piperidine rings is 1. The van der Waals surface area contributed by atoms with E-state index in [0.29, 0.717) is 18.0 Å². The highest BCUT2D eigenvalue weighted by atomic mass is 32.1. The molecule has 1 aliphatic rings. The molecule has 25 heavy (non-hydrogen) atoms. The maximum Gasteiger partial charge on any atom is 0.265 e. The molecule has 0 spiro atoms. The first kappa shape index (κ1) is 16.2. The summed E-state index contributed by atoms with van der Waals surface area (Å²) in [5, 5.41) is 13.9. The van der Waals surface area contributed by atoms with Crippen molar-refractivity contribution in [2.45, 2.75) is 25.4 Å². The van der Waals surface area contributed by atoms with Crippen LogP contribution in [0.25, 0.3) is 10.8 Å². The molecule has 0 unspecified atom stereocenters. The minimum atomic E-state index is -0.548. The first-order valence-electron chi connectivity index (χ1n) is 8.50. The Balaban J connectivity index is 1.51. The number of aliphatic hydroxyl groups is 1. The lowest BCUT2D eigenvalue weighted by atomic mass is 9.86. The van der Waals surface area contributed by atoms with Crippen LogP contribution in [0.2, 0.25) is 0 Å². The zero-order valence-electron chi connectivity index (χ0n) is 14.1. The fraction of sp³-hybridized carbons (Fsp3) is 0.300. The van der Waals surface area contributed by atoms with Gasteiger partial charge in [0, 0.05) is 19.0 Å². The molecule has 1 saturated heterocycles. The minimum Gasteiger partial charge on any atom is -0.391 e. The van der Waals surface area contributed by atoms with E-state index in [0.717, 1.165) is 17.0 Å². The van der Waals surface area contributed by atoms with Gasteiger partial charge < -0.3 is 10.0 Å². The highest BCUT2D eigenvalue weighted by Crippen LogP contribution is 2.31. The van der Waals surface area contributed by atoms with E-state index in [2.05, 4.69) is 35.3 Å². The predicted molar refractivity (Wildman–Crippen MR) is 100 cm³/mol. The van der Waals surface area contributed by atoms with Crippen molar-refractivity contribution in [3.05, 3.63) is 64.1 Å². The Morgan fingerprint density at radius 1 is 1.24 bits per heavy atom. The summed E-state index contributed by atoms with van der Waals surface area (Å²) in [7, 11) is 0. The highest BCUT2D eigenvalue weighted by molar-refractivity contribution is 7.13. The third-order valence-corrected chi connectivity index (χ3v) is 5.80. The van der Waals surface area contributed by atoms with Gasteiger partial charge in [-0.25, -0.2) is 4.98 Å². The molecule has 4 nitrogen and oxygen atoms in total. The number of likely N-dealkylation sites (tertiary alicyclic amines) is 1. The number of thiazole rings is 1.